The van der Waals surface area contributed by atoms with E-state index in [9.17, 15) is 19.8 Å². The van der Waals surface area contributed by atoms with Gasteiger partial charge >= 0.3 is 5.97 Å². The molecule has 0 amide bonds. The molecule has 0 spiro atoms. The highest BCUT2D eigenvalue weighted by Gasteiger charge is 2.19. The van der Waals surface area contributed by atoms with Crippen molar-refractivity contribution in [1.29, 1.82) is 0 Å². The van der Waals surface area contributed by atoms with Crippen molar-refractivity contribution in [2.45, 2.75) is 26.4 Å². The lowest BCUT2D eigenvalue weighted by atomic mass is 10.0. The third-order valence-corrected chi connectivity index (χ3v) is 5.76. The van der Waals surface area contributed by atoms with Crippen LogP contribution in [0.25, 0.3) is 10.2 Å². The van der Waals surface area contributed by atoms with Gasteiger partial charge in [0.15, 0.2) is 0 Å². The zero-order chi connectivity index (χ0) is 19.7. The maximum atomic E-state index is 12.4. The molecule has 1 atom stereocenters. The number of aromatic amines is 1. The van der Waals surface area contributed by atoms with E-state index in [-0.39, 0.29) is 29.6 Å². The first-order valence-electron chi connectivity index (χ1n) is 8.17. The summed E-state index contributed by atoms with van der Waals surface area (Å²) in [5, 5.41) is 23.0. The van der Waals surface area contributed by atoms with Crippen LogP contribution >= 0.6 is 22.9 Å². The molecule has 0 aliphatic heterocycles. The molecule has 4 N–H and O–H groups in total. The van der Waals surface area contributed by atoms with Crippen molar-refractivity contribution in [2.24, 2.45) is 0 Å². The van der Waals surface area contributed by atoms with Crippen LogP contribution in [0.2, 0.25) is 5.02 Å². The van der Waals surface area contributed by atoms with Crippen molar-refractivity contribution in [1.82, 2.24) is 15.3 Å². The van der Waals surface area contributed by atoms with Gasteiger partial charge in [0.05, 0.1) is 24.6 Å². The van der Waals surface area contributed by atoms with Crippen LogP contribution in [0.5, 0.6) is 0 Å². The van der Waals surface area contributed by atoms with Crippen LogP contribution in [0, 0.1) is 13.8 Å². The molecule has 0 fully saturated rings. The number of carbonyl (C=O) groups is 1. The number of aliphatic hydroxyl groups is 1. The normalized spacial score (nSPS) is 12.4. The number of thiophene rings is 1. The van der Waals surface area contributed by atoms with Crippen molar-refractivity contribution in [2.75, 3.05) is 6.61 Å². The Morgan fingerprint density at radius 3 is 2.78 bits per heavy atom. The Morgan fingerprint density at radius 2 is 2.15 bits per heavy atom. The van der Waals surface area contributed by atoms with Crippen molar-refractivity contribution in [3.8, 4) is 0 Å². The average Bonchev–Trinajstić information content (AvgIpc) is 2.94. The first-order chi connectivity index (χ1) is 12.8. The minimum Gasteiger partial charge on any atom is -0.477 e. The predicted molar refractivity (Wildman–Crippen MR) is 105 cm³/mol. The van der Waals surface area contributed by atoms with Crippen molar-refractivity contribution >= 4 is 39.1 Å². The van der Waals surface area contributed by atoms with Crippen molar-refractivity contribution < 1.29 is 15.0 Å². The Labute approximate surface area is 163 Å². The summed E-state index contributed by atoms with van der Waals surface area (Å²) in [5.74, 6) is -0.705. The molecule has 1 unspecified atom stereocenters. The number of aryl methyl sites for hydroxylation is 2. The van der Waals surface area contributed by atoms with Crippen LogP contribution < -0.4 is 10.9 Å². The summed E-state index contributed by atoms with van der Waals surface area (Å²) < 4.78 is 0. The number of aromatic nitrogens is 2. The number of nitrogens with one attached hydrogen (secondary N) is 2. The Balaban J connectivity index is 1.88. The maximum Gasteiger partial charge on any atom is 0.346 e. The van der Waals surface area contributed by atoms with Gasteiger partial charge < -0.3 is 20.5 Å². The van der Waals surface area contributed by atoms with Gasteiger partial charge in [-0.25, -0.2) is 9.78 Å². The van der Waals surface area contributed by atoms with Crippen molar-refractivity contribution in [3.05, 3.63) is 61.0 Å². The summed E-state index contributed by atoms with van der Waals surface area (Å²) in [5.41, 5.74) is 1.87. The molecule has 7 nitrogen and oxygen atoms in total. The van der Waals surface area contributed by atoms with E-state index in [1.807, 2.05) is 19.1 Å². The van der Waals surface area contributed by atoms with Gasteiger partial charge in [0, 0.05) is 5.02 Å². The Hall–Kier alpha value is -2.26. The van der Waals surface area contributed by atoms with E-state index in [0.29, 0.717) is 26.6 Å². The number of aromatic carboxylic acids is 1. The summed E-state index contributed by atoms with van der Waals surface area (Å²) in [6.45, 7) is 3.57. The van der Waals surface area contributed by atoms with E-state index in [2.05, 4.69) is 15.3 Å². The number of aliphatic hydroxyl groups excluding tert-OH is 1. The number of carboxylic acids is 1. The standard InChI is InChI=1S/C18H18ClN3O4S/c1-8-5-10(19)3-4-11(8)12(7-23)20-6-13-21-16(24)14-9(2)15(18(25)26)27-17(14)22-13/h3-5,12,20,23H,6-7H2,1-2H3,(H,25,26)(H,21,22,24). The molecule has 3 aromatic rings. The molecule has 2 heterocycles. The SMILES string of the molecule is Cc1cc(Cl)ccc1C(CO)NCc1nc2sc(C(=O)O)c(C)c2c(=O)[nH]1. The number of halogens is 1. The fourth-order valence-corrected chi connectivity index (χ4v) is 4.27. The lowest BCUT2D eigenvalue weighted by Crippen LogP contribution is -2.26. The van der Waals surface area contributed by atoms with Gasteiger partial charge in [-0.05, 0) is 42.7 Å². The molecule has 27 heavy (non-hydrogen) atoms. The summed E-state index contributed by atoms with van der Waals surface area (Å²) in [7, 11) is 0. The highest BCUT2D eigenvalue weighted by atomic mass is 35.5. The quantitative estimate of drug-likeness (QED) is 0.499. The maximum absolute atomic E-state index is 12.4. The summed E-state index contributed by atoms with van der Waals surface area (Å²) in [4.78, 5) is 31.2. The molecular formula is C18H18ClN3O4S. The fourth-order valence-electron chi connectivity index (χ4n) is 3.00. The van der Waals surface area contributed by atoms with E-state index in [1.54, 1.807) is 13.0 Å². The average molecular weight is 408 g/mol. The van der Waals surface area contributed by atoms with E-state index in [1.165, 1.54) is 0 Å². The molecule has 2 aromatic heterocycles. The first kappa shape index (κ1) is 19.5. The summed E-state index contributed by atoms with van der Waals surface area (Å²) >= 11 is 6.95. The van der Waals surface area contributed by atoms with Gasteiger partial charge in [-0.15, -0.1) is 11.3 Å². The van der Waals surface area contributed by atoms with Crippen LogP contribution in [-0.4, -0.2) is 32.8 Å². The minimum atomic E-state index is -1.08. The second-order valence-electron chi connectivity index (χ2n) is 6.17. The topological polar surface area (TPSA) is 115 Å². The number of hydrogen-bond acceptors (Lipinski definition) is 6. The van der Waals surface area contributed by atoms with Crippen LogP contribution in [-0.2, 0) is 6.54 Å². The van der Waals surface area contributed by atoms with Gasteiger partial charge in [-0.2, -0.15) is 0 Å². The number of hydrogen-bond donors (Lipinski definition) is 4. The van der Waals surface area contributed by atoms with E-state index in [4.69, 9.17) is 11.6 Å². The van der Waals surface area contributed by atoms with Crippen LogP contribution in [0.15, 0.2) is 23.0 Å². The molecular weight excluding hydrogens is 390 g/mol. The van der Waals surface area contributed by atoms with Crippen LogP contribution in [0.3, 0.4) is 0 Å². The third kappa shape index (κ3) is 3.89. The molecule has 0 bridgehead atoms. The summed E-state index contributed by atoms with van der Waals surface area (Å²) in [6.07, 6.45) is 0. The van der Waals surface area contributed by atoms with E-state index < -0.39 is 5.97 Å². The minimum absolute atomic E-state index is 0.109. The molecule has 0 radical (unpaired) electrons. The molecule has 0 saturated carbocycles. The highest BCUT2D eigenvalue weighted by molar-refractivity contribution is 7.20. The third-order valence-electron chi connectivity index (χ3n) is 4.35. The zero-order valence-electron chi connectivity index (χ0n) is 14.7. The lowest BCUT2D eigenvalue weighted by molar-refractivity contribution is 0.0701. The Bertz CT molecular complexity index is 1080. The Morgan fingerprint density at radius 1 is 1.41 bits per heavy atom. The molecule has 0 aliphatic carbocycles. The predicted octanol–water partition coefficient (Wildman–Crippen LogP) is 2.78. The van der Waals surface area contributed by atoms with Gasteiger partial charge in [0.25, 0.3) is 5.56 Å². The number of H-pyrrole nitrogens is 1. The van der Waals surface area contributed by atoms with E-state index >= 15 is 0 Å². The first-order valence-corrected chi connectivity index (χ1v) is 9.37. The lowest BCUT2D eigenvalue weighted by Gasteiger charge is -2.18. The molecule has 9 heteroatoms. The number of benzene rings is 1. The van der Waals surface area contributed by atoms with Crippen LogP contribution in [0.1, 0.15) is 38.2 Å². The molecule has 142 valence electrons. The Kier molecular flexibility index (Phi) is 5.61. The van der Waals surface area contributed by atoms with E-state index in [0.717, 1.165) is 22.5 Å². The second-order valence-corrected chi connectivity index (χ2v) is 7.61. The number of carboxylic acid groups (broad SMARTS) is 1. The summed E-state index contributed by atoms with van der Waals surface area (Å²) in [6, 6.07) is 5.05. The highest BCUT2D eigenvalue weighted by Crippen LogP contribution is 2.27. The zero-order valence-corrected chi connectivity index (χ0v) is 16.2. The van der Waals surface area contributed by atoms with Gasteiger partial charge in [-0.1, -0.05) is 17.7 Å². The number of fused-ring (bicyclic) bond motifs is 1. The second kappa shape index (κ2) is 7.77. The van der Waals surface area contributed by atoms with Gasteiger partial charge in [-0.3, -0.25) is 4.79 Å². The number of rotatable bonds is 6. The van der Waals surface area contributed by atoms with Gasteiger partial charge in [0.1, 0.15) is 15.5 Å². The monoisotopic (exact) mass is 407 g/mol. The van der Waals surface area contributed by atoms with Gasteiger partial charge in [0.2, 0.25) is 0 Å². The largest absolute Gasteiger partial charge is 0.477 e. The molecule has 0 saturated heterocycles. The van der Waals surface area contributed by atoms with Crippen molar-refractivity contribution in [3.63, 3.8) is 0 Å². The molecule has 3 rings (SSSR count). The molecule has 0 aliphatic rings. The molecule has 1 aromatic carbocycles. The fraction of sp³-hybridized carbons (Fsp3) is 0.278. The van der Waals surface area contributed by atoms with Crippen LogP contribution in [0.4, 0.5) is 0 Å². The smallest absolute Gasteiger partial charge is 0.346 e. The number of nitrogens with zero attached hydrogens (tertiary/aromatic N) is 1.